The molecular formula is C26H33ClN4O3. The minimum Gasteiger partial charge on any atom is -0.337 e. The van der Waals surface area contributed by atoms with Gasteiger partial charge in [0.15, 0.2) is 0 Å². The van der Waals surface area contributed by atoms with Crippen molar-refractivity contribution in [3.63, 3.8) is 0 Å². The van der Waals surface area contributed by atoms with E-state index in [4.69, 9.17) is 11.6 Å². The quantitative estimate of drug-likeness (QED) is 0.652. The standard InChI is InChI=1S/C26H33ClN4O3/c1-4-20-10-5-8-13-23(20)28-24(32)18-29(3)25(33)19(2)30-14-9-15-31(17-16-30)26(34)21-11-6-7-12-22(21)27/h5-8,10-13,19H,4,9,14-18H2,1-3H3,(H,28,32). The molecule has 3 rings (SSSR count). The molecule has 1 N–H and O–H groups in total. The number of rotatable bonds is 7. The zero-order valence-electron chi connectivity index (χ0n) is 20.1. The fourth-order valence-corrected chi connectivity index (χ4v) is 4.46. The number of aryl methyl sites for hydroxylation is 1. The van der Waals surface area contributed by atoms with Gasteiger partial charge in [-0.05, 0) is 43.5 Å². The van der Waals surface area contributed by atoms with Crippen LogP contribution in [0, 0.1) is 0 Å². The largest absolute Gasteiger partial charge is 0.337 e. The van der Waals surface area contributed by atoms with Gasteiger partial charge in [0.1, 0.15) is 0 Å². The zero-order chi connectivity index (χ0) is 24.7. The summed E-state index contributed by atoms with van der Waals surface area (Å²) in [5, 5.41) is 3.36. The molecule has 1 aliphatic rings. The number of hydrogen-bond acceptors (Lipinski definition) is 4. The van der Waals surface area contributed by atoms with Gasteiger partial charge in [0.05, 0.1) is 23.2 Å². The van der Waals surface area contributed by atoms with Crippen molar-refractivity contribution in [2.24, 2.45) is 0 Å². The van der Waals surface area contributed by atoms with Gasteiger partial charge in [-0.3, -0.25) is 19.3 Å². The fourth-order valence-electron chi connectivity index (χ4n) is 4.24. The van der Waals surface area contributed by atoms with Crippen molar-refractivity contribution in [3.05, 3.63) is 64.7 Å². The Labute approximate surface area is 206 Å². The average molecular weight is 485 g/mol. The number of para-hydroxylation sites is 1. The molecule has 0 spiro atoms. The number of hydrogen-bond donors (Lipinski definition) is 1. The second kappa shape index (κ2) is 12.0. The van der Waals surface area contributed by atoms with Crippen molar-refractivity contribution in [1.29, 1.82) is 0 Å². The summed E-state index contributed by atoms with van der Waals surface area (Å²) < 4.78 is 0. The van der Waals surface area contributed by atoms with Crippen molar-refractivity contribution in [2.45, 2.75) is 32.7 Å². The number of amides is 3. The summed E-state index contributed by atoms with van der Waals surface area (Å²) in [6.07, 6.45) is 1.57. The van der Waals surface area contributed by atoms with Gasteiger partial charge in [-0.15, -0.1) is 0 Å². The third-order valence-electron chi connectivity index (χ3n) is 6.26. The van der Waals surface area contributed by atoms with Crippen LogP contribution in [0.2, 0.25) is 5.02 Å². The highest BCUT2D eigenvalue weighted by Gasteiger charge is 2.28. The minimum absolute atomic E-state index is 0.0216. The maximum absolute atomic E-state index is 13.1. The third kappa shape index (κ3) is 6.36. The summed E-state index contributed by atoms with van der Waals surface area (Å²) in [7, 11) is 1.65. The first-order chi connectivity index (χ1) is 16.3. The van der Waals surface area contributed by atoms with E-state index in [9.17, 15) is 14.4 Å². The summed E-state index contributed by atoms with van der Waals surface area (Å²) in [5.41, 5.74) is 2.33. The fraction of sp³-hybridized carbons (Fsp3) is 0.423. The van der Waals surface area contributed by atoms with E-state index >= 15 is 0 Å². The van der Waals surface area contributed by atoms with Gasteiger partial charge < -0.3 is 15.1 Å². The van der Waals surface area contributed by atoms with Gasteiger partial charge in [-0.2, -0.15) is 0 Å². The number of carbonyl (C=O) groups excluding carboxylic acids is 3. The first-order valence-corrected chi connectivity index (χ1v) is 12.1. The molecule has 8 heteroatoms. The SMILES string of the molecule is CCc1ccccc1NC(=O)CN(C)C(=O)C(C)N1CCCN(C(=O)c2ccccc2Cl)CC1. The minimum atomic E-state index is -0.393. The van der Waals surface area contributed by atoms with Crippen molar-refractivity contribution in [3.8, 4) is 0 Å². The van der Waals surface area contributed by atoms with Gasteiger partial charge in [-0.25, -0.2) is 0 Å². The molecule has 0 aromatic heterocycles. The number of likely N-dealkylation sites (N-methyl/N-ethyl adjacent to an activating group) is 1. The molecular weight excluding hydrogens is 452 g/mol. The Bertz CT molecular complexity index is 1030. The van der Waals surface area contributed by atoms with Gasteiger partial charge in [0.2, 0.25) is 11.8 Å². The van der Waals surface area contributed by atoms with Crippen molar-refractivity contribution in [2.75, 3.05) is 45.1 Å². The number of nitrogens with one attached hydrogen (secondary N) is 1. The monoisotopic (exact) mass is 484 g/mol. The van der Waals surface area contributed by atoms with Crippen LogP contribution < -0.4 is 5.32 Å². The van der Waals surface area contributed by atoms with E-state index in [0.29, 0.717) is 36.8 Å². The molecule has 0 bridgehead atoms. The van der Waals surface area contributed by atoms with Crippen LogP contribution in [-0.4, -0.2) is 78.2 Å². The molecule has 1 fully saturated rings. The molecule has 2 aromatic rings. The number of benzene rings is 2. The van der Waals surface area contributed by atoms with Gasteiger partial charge >= 0.3 is 0 Å². The maximum atomic E-state index is 13.1. The van der Waals surface area contributed by atoms with E-state index in [2.05, 4.69) is 10.2 Å². The first kappa shape index (κ1) is 25.7. The number of anilines is 1. The Kier molecular flexibility index (Phi) is 9.07. The molecule has 0 aliphatic carbocycles. The molecule has 0 radical (unpaired) electrons. The number of nitrogens with zero attached hydrogens (tertiary/aromatic N) is 3. The Balaban J connectivity index is 1.55. The summed E-state index contributed by atoms with van der Waals surface area (Å²) in [6.45, 7) is 6.26. The summed E-state index contributed by atoms with van der Waals surface area (Å²) in [6, 6.07) is 14.3. The lowest BCUT2D eigenvalue weighted by Crippen LogP contribution is -2.48. The third-order valence-corrected chi connectivity index (χ3v) is 6.59. The Hall–Kier alpha value is -2.90. The highest BCUT2D eigenvalue weighted by atomic mass is 35.5. The lowest BCUT2D eigenvalue weighted by atomic mass is 10.1. The van der Waals surface area contributed by atoms with Crippen LogP contribution in [0.25, 0.3) is 0 Å². The molecule has 1 saturated heterocycles. The van der Waals surface area contributed by atoms with Gasteiger partial charge in [0.25, 0.3) is 5.91 Å². The second-order valence-corrected chi connectivity index (χ2v) is 9.00. The Morgan fingerprint density at radius 3 is 2.47 bits per heavy atom. The molecule has 3 amide bonds. The van der Waals surface area contributed by atoms with Crippen molar-refractivity contribution >= 4 is 35.0 Å². The van der Waals surface area contributed by atoms with Crippen molar-refractivity contribution in [1.82, 2.24) is 14.7 Å². The molecule has 2 aromatic carbocycles. The second-order valence-electron chi connectivity index (χ2n) is 8.59. The summed E-state index contributed by atoms with van der Waals surface area (Å²) in [5.74, 6) is -0.436. The average Bonchev–Trinajstić information content (AvgIpc) is 3.09. The van der Waals surface area contributed by atoms with E-state index in [1.165, 1.54) is 4.90 Å². The van der Waals surface area contributed by atoms with E-state index < -0.39 is 6.04 Å². The van der Waals surface area contributed by atoms with E-state index in [-0.39, 0.29) is 24.3 Å². The molecule has 0 saturated carbocycles. The normalized spacial score (nSPS) is 15.4. The van der Waals surface area contributed by atoms with Crippen LogP contribution in [0.5, 0.6) is 0 Å². The van der Waals surface area contributed by atoms with Crippen LogP contribution in [0.15, 0.2) is 48.5 Å². The molecule has 1 heterocycles. The topological polar surface area (TPSA) is 73.0 Å². The highest BCUT2D eigenvalue weighted by Crippen LogP contribution is 2.19. The maximum Gasteiger partial charge on any atom is 0.255 e. The van der Waals surface area contributed by atoms with E-state index in [1.807, 2.05) is 38.1 Å². The van der Waals surface area contributed by atoms with E-state index in [0.717, 1.165) is 24.1 Å². The van der Waals surface area contributed by atoms with Crippen LogP contribution in [0.4, 0.5) is 5.69 Å². The van der Waals surface area contributed by atoms with Gasteiger partial charge in [0, 0.05) is 38.9 Å². The summed E-state index contributed by atoms with van der Waals surface area (Å²) in [4.78, 5) is 43.9. The Morgan fingerprint density at radius 1 is 1.03 bits per heavy atom. The molecule has 1 atom stereocenters. The summed E-state index contributed by atoms with van der Waals surface area (Å²) >= 11 is 6.20. The molecule has 7 nitrogen and oxygen atoms in total. The van der Waals surface area contributed by atoms with E-state index in [1.54, 1.807) is 36.2 Å². The molecule has 1 unspecified atom stereocenters. The van der Waals surface area contributed by atoms with Crippen LogP contribution in [0.3, 0.4) is 0 Å². The predicted octanol–water partition coefficient (Wildman–Crippen LogP) is 3.54. The highest BCUT2D eigenvalue weighted by molar-refractivity contribution is 6.33. The molecule has 34 heavy (non-hydrogen) atoms. The van der Waals surface area contributed by atoms with Crippen molar-refractivity contribution < 1.29 is 14.4 Å². The molecule has 1 aliphatic heterocycles. The van der Waals surface area contributed by atoms with Crippen LogP contribution in [0.1, 0.15) is 36.2 Å². The van der Waals surface area contributed by atoms with Gasteiger partial charge in [-0.1, -0.05) is 48.9 Å². The number of carbonyl (C=O) groups is 3. The zero-order valence-corrected chi connectivity index (χ0v) is 20.8. The number of halogens is 1. The smallest absolute Gasteiger partial charge is 0.255 e. The van der Waals surface area contributed by atoms with Crippen LogP contribution >= 0.6 is 11.6 Å². The first-order valence-electron chi connectivity index (χ1n) is 11.7. The lowest BCUT2D eigenvalue weighted by molar-refractivity contribution is -0.137. The predicted molar refractivity (Wildman–Crippen MR) is 135 cm³/mol. The Morgan fingerprint density at radius 2 is 1.74 bits per heavy atom. The van der Waals surface area contributed by atoms with Crippen LogP contribution in [-0.2, 0) is 16.0 Å². The lowest BCUT2D eigenvalue weighted by Gasteiger charge is -2.30. The molecule has 182 valence electrons.